The molecule has 1 amide bonds. The van der Waals surface area contributed by atoms with Gasteiger partial charge in [0.2, 0.25) is 5.95 Å². The molecule has 4 N–H and O–H groups in total. The van der Waals surface area contributed by atoms with Gasteiger partial charge < -0.3 is 20.7 Å². The van der Waals surface area contributed by atoms with Crippen LogP contribution in [0.2, 0.25) is 0 Å². The topological polar surface area (TPSA) is 106 Å². The first kappa shape index (κ1) is 17.5. The van der Waals surface area contributed by atoms with E-state index in [9.17, 15) is 14.3 Å². The van der Waals surface area contributed by atoms with Gasteiger partial charge in [0.05, 0.1) is 16.8 Å². The van der Waals surface area contributed by atoms with Gasteiger partial charge in [0.1, 0.15) is 17.3 Å². The molecule has 0 saturated carbocycles. The van der Waals surface area contributed by atoms with Gasteiger partial charge in [-0.2, -0.15) is 0 Å². The molecule has 1 aromatic carbocycles. The number of nitrogens with zero attached hydrogens (tertiary/aromatic N) is 3. The first-order valence-electron chi connectivity index (χ1n) is 8.53. The van der Waals surface area contributed by atoms with E-state index in [4.69, 9.17) is 5.73 Å². The van der Waals surface area contributed by atoms with Gasteiger partial charge in [0, 0.05) is 43.5 Å². The SMILES string of the molecule is Cn1c(-c2nc(N)ncc2C#Cc2cc(O)cc(F)c2)cc2c1CCNC2=O. The average molecular weight is 377 g/mol. The zero-order valence-corrected chi connectivity index (χ0v) is 15.0. The number of benzene rings is 1. The van der Waals surface area contributed by atoms with E-state index in [0.29, 0.717) is 41.0 Å². The zero-order valence-electron chi connectivity index (χ0n) is 15.0. The summed E-state index contributed by atoms with van der Waals surface area (Å²) in [5, 5.41) is 12.3. The Kier molecular flexibility index (Phi) is 4.20. The minimum atomic E-state index is -0.584. The molecule has 28 heavy (non-hydrogen) atoms. The number of aromatic nitrogens is 3. The normalized spacial score (nSPS) is 12.7. The molecule has 0 aliphatic carbocycles. The largest absolute Gasteiger partial charge is 0.508 e. The number of rotatable bonds is 1. The molecule has 0 saturated heterocycles. The molecule has 0 unspecified atom stereocenters. The third-order valence-electron chi connectivity index (χ3n) is 4.52. The van der Waals surface area contributed by atoms with E-state index in [1.807, 2.05) is 11.6 Å². The van der Waals surface area contributed by atoms with Crippen molar-refractivity contribution in [1.82, 2.24) is 19.9 Å². The van der Waals surface area contributed by atoms with Gasteiger partial charge in [-0.15, -0.1) is 0 Å². The van der Waals surface area contributed by atoms with Gasteiger partial charge in [-0.25, -0.2) is 14.4 Å². The van der Waals surface area contributed by atoms with Crippen LogP contribution in [0, 0.1) is 17.7 Å². The van der Waals surface area contributed by atoms with Gasteiger partial charge in [0.25, 0.3) is 5.91 Å². The summed E-state index contributed by atoms with van der Waals surface area (Å²) in [6.45, 7) is 0.574. The Morgan fingerprint density at radius 1 is 1.29 bits per heavy atom. The lowest BCUT2D eigenvalue weighted by atomic mass is 10.1. The molecule has 1 aliphatic heterocycles. The molecule has 8 heteroatoms. The maximum absolute atomic E-state index is 13.5. The first-order valence-corrected chi connectivity index (χ1v) is 8.53. The lowest BCUT2D eigenvalue weighted by molar-refractivity contribution is 0.0945. The van der Waals surface area contributed by atoms with Crippen molar-refractivity contribution in [2.75, 3.05) is 12.3 Å². The van der Waals surface area contributed by atoms with E-state index in [1.54, 1.807) is 6.07 Å². The molecule has 0 bridgehead atoms. The third-order valence-corrected chi connectivity index (χ3v) is 4.52. The maximum Gasteiger partial charge on any atom is 0.253 e. The molecule has 0 spiro atoms. The number of anilines is 1. The van der Waals surface area contributed by atoms with E-state index in [-0.39, 0.29) is 17.6 Å². The summed E-state index contributed by atoms with van der Waals surface area (Å²) < 4.78 is 15.4. The predicted octanol–water partition coefficient (Wildman–Crippen LogP) is 1.59. The van der Waals surface area contributed by atoms with Gasteiger partial charge in [0.15, 0.2) is 0 Å². The summed E-state index contributed by atoms with van der Waals surface area (Å²) >= 11 is 0. The summed E-state index contributed by atoms with van der Waals surface area (Å²) in [5.41, 5.74) is 9.21. The minimum absolute atomic E-state index is 0.0765. The van der Waals surface area contributed by atoms with Gasteiger partial charge in [-0.05, 0) is 18.2 Å². The van der Waals surface area contributed by atoms with E-state index >= 15 is 0 Å². The lowest BCUT2D eigenvalue weighted by Crippen LogP contribution is -2.31. The fourth-order valence-electron chi connectivity index (χ4n) is 3.23. The molecule has 0 radical (unpaired) electrons. The van der Waals surface area contributed by atoms with Crippen LogP contribution in [0.3, 0.4) is 0 Å². The van der Waals surface area contributed by atoms with Crippen molar-refractivity contribution in [2.24, 2.45) is 7.05 Å². The predicted molar refractivity (Wildman–Crippen MR) is 101 cm³/mol. The summed E-state index contributed by atoms with van der Waals surface area (Å²) in [5.74, 6) is 4.86. The molecule has 0 fully saturated rings. The number of phenols is 1. The summed E-state index contributed by atoms with van der Waals surface area (Å²) in [6.07, 6.45) is 2.19. The van der Waals surface area contributed by atoms with Crippen LogP contribution in [0.5, 0.6) is 5.75 Å². The van der Waals surface area contributed by atoms with Crippen LogP contribution in [0.1, 0.15) is 27.2 Å². The van der Waals surface area contributed by atoms with Gasteiger partial charge in [-0.3, -0.25) is 4.79 Å². The number of hydrogen-bond donors (Lipinski definition) is 3. The molecule has 3 aromatic rings. The van der Waals surface area contributed by atoms with Crippen LogP contribution in [-0.2, 0) is 13.5 Å². The fraction of sp³-hybridized carbons (Fsp3) is 0.150. The second-order valence-electron chi connectivity index (χ2n) is 6.39. The molecular formula is C20H16FN5O2. The van der Waals surface area contributed by atoms with Crippen LogP contribution >= 0.6 is 0 Å². The molecular weight excluding hydrogens is 361 g/mol. The number of hydrogen-bond acceptors (Lipinski definition) is 5. The number of nitrogens with one attached hydrogen (secondary N) is 1. The maximum atomic E-state index is 13.5. The average Bonchev–Trinajstić information content (AvgIpc) is 2.98. The molecule has 0 atom stereocenters. The Labute approximate surface area is 160 Å². The highest BCUT2D eigenvalue weighted by molar-refractivity contribution is 5.98. The smallest absolute Gasteiger partial charge is 0.253 e. The Hall–Kier alpha value is -3.86. The molecule has 7 nitrogen and oxygen atoms in total. The zero-order chi connectivity index (χ0) is 19.8. The minimum Gasteiger partial charge on any atom is -0.508 e. The molecule has 3 heterocycles. The van der Waals surface area contributed by atoms with Crippen molar-refractivity contribution in [2.45, 2.75) is 6.42 Å². The highest BCUT2D eigenvalue weighted by Gasteiger charge is 2.24. The number of nitrogen functional groups attached to an aromatic ring is 1. The Morgan fingerprint density at radius 3 is 2.86 bits per heavy atom. The van der Waals surface area contributed by atoms with Crippen LogP contribution < -0.4 is 11.1 Å². The third kappa shape index (κ3) is 3.14. The Bertz CT molecular complexity index is 1150. The fourth-order valence-corrected chi connectivity index (χ4v) is 3.23. The van der Waals surface area contributed by atoms with Gasteiger partial charge >= 0.3 is 0 Å². The second-order valence-corrected chi connectivity index (χ2v) is 6.39. The summed E-state index contributed by atoms with van der Waals surface area (Å²) in [7, 11) is 1.85. The molecule has 2 aromatic heterocycles. The van der Waals surface area contributed by atoms with Crippen LogP contribution in [0.25, 0.3) is 11.4 Å². The van der Waals surface area contributed by atoms with Crippen molar-refractivity contribution in [3.05, 3.63) is 58.7 Å². The van der Waals surface area contributed by atoms with Crippen molar-refractivity contribution in [1.29, 1.82) is 0 Å². The van der Waals surface area contributed by atoms with Crippen molar-refractivity contribution < 1.29 is 14.3 Å². The second kappa shape index (κ2) is 6.70. The number of phenolic OH excluding ortho intramolecular Hbond substituents is 1. The quantitative estimate of drug-likeness (QED) is 0.559. The van der Waals surface area contributed by atoms with Crippen LogP contribution in [0.15, 0.2) is 30.5 Å². The molecule has 140 valence electrons. The van der Waals surface area contributed by atoms with Gasteiger partial charge in [-0.1, -0.05) is 11.8 Å². The van der Waals surface area contributed by atoms with E-state index in [0.717, 1.165) is 11.8 Å². The Morgan fingerprint density at radius 2 is 2.11 bits per heavy atom. The monoisotopic (exact) mass is 377 g/mol. The Balaban J connectivity index is 1.83. The summed E-state index contributed by atoms with van der Waals surface area (Å²) in [6, 6.07) is 5.34. The number of aromatic hydroxyl groups is 1. The number of fused-ring (bicyclic) bond motifs is 1. The highest BCUT2D eigenvalue weighted by atomic mass is 19.1. The number of nitrogens with two attached hydrogens (primary N) is 1. The highest BCUT2D eigenvalue weighted by Crippen LogP contribution is 2.28. The van der Waals surface area contributed by atoms with Crippen molar-refractivity contribution in [3.8, 4) is 29.0 Å². The van der Waals surface area contributed by atoms with Crippen LogP contribution in [-0.4, -0.2) is 32.1 Å². The number of carbonyl (C=O) groups is 1. The van der Waals surface area contributed by atoms with E-state index < -0.39 is 5.82 Å². The number of carbonyl (C=O) groups excluding carboxylic acids is 1. The van der Waals surface area contributed by atoms with Crippen molar-refractivity contribution >= 4 is 11.9 Å². The number of amides is 1. The van der Waals surface area contributed by atoms with Crippen LogP contribution in [0.4, 0.5) is 10.3 Å². The van der Waals surface area contributed by atoms with E-state index in [2.05, 4.69) is 27.1 Å². The molecule has 4 rings (SSSR count). The van der Waals surface area contributed by atoms with E-state index in [1.165, 1.54) is 18.3 Å². The lowest BCUT2D eigenvalue weighted by Gasteiger charge is -2.14. The molecule has 1 aliphatic rings. The first-order chi connectivity index (χ1) is 13.4. The standard InChI is InChI=1S/C20H16FN5O2/c1-26-16-4-5-23-19(28)15(16)9-17(26)18-12(10-24-20(22)25-18)3-2-11-6-13(21)8-14(27)7-11/h6-10,27H,4-5H2,1H3,(H,23,28)(H2,22,24,25). The summed E-state index contributed by atoms with van der Waals surface area (Å²) in [4.78, 5) is 20.4. The van der Waals surface area contributed by atoms with Crippen molar-refractivity contribution in [3.63, 3.8) is 0 Å². The number of halogens is 1.